The van der Waals surface area contributed by atoms with Crippen LogP contribution in [0, 0.1) is 12.8 Å². The van der Waals surface area contributed by atoms with Gasteiger partial charge in [0.15, 0.2) is 0 Å². The van der Waals surface area contributed by atoms with Crippen molar-refractivity contribution >= 4 is 5.91 Å². The third-order valence-corrected chi connectivity index (χ3v) is 4.49. The number of piperidine rings is 1. The number of imidazole rings is 1. The van der Waals surface area contributed by atoms with Crippen LogP contribution >= 0.6 is 0 Å². The first-order valence-electron chi connectivity index (χ1n) is 7.98. The minimum absolute atomic E-state index is 0.190. The van der Waals surface area contributed by atoms with Gasteiger partial charge in [-0.3, -0.25) is 4.79 Å². The zero-order chi connectivity index (χ0) is 15.5. The fourth-order valence-electron chi connectivity index (χ4n) is 3.27. The van der Waals surface area contributed by atoms with E-state index in [-0.39, 0.29) is 5.91 Å². The molecule has 0 radical (unpaired) electrons. The fraction of sp³-hybridized carbons (Fsp3) is 0.444. The molecule has 1 saturated heterocycles. The molecule has 1 aliphatic heterocycles. The highest BCUT2D eigenvalue weighted by Crippen LogP contribution is 2.24. The average Bonchev–Trinajstić information content (AvgIpc) is 2.89. The van der Waals surface area contributed by atoms with Gasteiger partial charge >= 0.3 is 0 Å². The maximum atomic E-state index is 11.6. The molecule has 0 bridgehead atoms. The molecule has 116 valence electrons. The van der Waals surface area contributed by atoms with Crippen molar-refractivity contribution in [2.24, 2.45) is 5.92 Å². The summed E-state index contributed by atoms with van der Waals surface area (Å²) in [7, 11) is 0. The Balaban J connectivity index is 1.81. The number of aryl methyl sites for hydroxylation is 1. The molecule has 0 N–H and O–H groups in total. The van der Waals surface area contributed by atoms with Crippen LogP contribution in [-0.2, 0) is 11.3 Å². The van der Waals surface area contributed by atoms with E-state index in [9.17, 15) is 4.79 Å². The molecule has 1 fully saturated rings. The molecule has 4 nitrogen and oxygen atoms in total. The molecule has 2 heterocycles. The van der Waals surface area contributed by atoms with E-state index in [2.05, 4.69) is 28.6 Å². The molecule has 22 heavy (non-hydrogen) atoms. The smallest absolute Gasteiger partial charge is 0.219 e. The number of benzene rings is 1. The molecule has 0 saturated carbocycles. The first-order chi connectivity index (χ1) is 10.6. The molecule has 1 aromatic heterocycles. The SMILES string of the molecule is CC(=O)N1CCCC(Cn2c(C)cnc2-c2ccccc2)C1. The molecule has 1 aromatic carbocycles. The lowest BCUT2D eigenvalue weighted by Crippen LogP contribution is -2.40. The number of carbonyl (C=O) groups is 1. The zero-order valence-corrected chi connectivity index (χ0v) is 13.3. The Bertz CT molecular complexity index is 648. The third-order valence-electron chi connectivity index (χ3n) is 4.49. The number of aromatic nitrogens is 2. The molecule has 0 aliphatic carbocycles. The van der Waals surface area contributed by atoms with Crippen LogP contribution < -0.4 is 0 Å². The molecule has 1 aliphatic rings. The lowest BCUT2D eigenvalue weighted by atomic mass is 9.97. The summed E-state index contributed by atoms with van der Waals surface area (Å²) in [5, 5.41) is 0. The Labute approximate surface area is 131 Å². The molecule has 3 rings (SSSR count). The van der Waals surface area contributed by atoms with Gasteiger partial charge in [0.05, 0.1) is 0 Å². The van der Waals surface area contributed by atoms with Crippen LogP contribution in [0.25, 0.3) is 11.4 Å². The second-order valence-electron chi connectivity index (χ2n) is 6.17. The van der Waals surface area contributed by atoms with Crippen LogP contribution in [-0.4, -0.2) is 33.4 Å². The van der Waals surface area contributed by atoms with Gasteiger partial charge in [-0.05, 0) is 25.7 Å². The van der Waals surface area contributed by atoms with E-state index in [0.717, 1.165) is 37.4 Å². The second-order valence-corrected chi connectivity index (χ2v) is 6.17. The largest absolute Gasteiger partial charge is 0.343 e. The van der Waals surface area contributed by atoms with Crippen molar-refractivity contribution in [1.29, 1.82) is 0 Å². The maximum Gasteiger partial charge on any atom is 0.219 e. The number of hydrogen-bond acceptors (Lipinski definition) is 2. The molecule has 1 atom stereocenters. The first kappa shape index (κ1) is 14.8. The summed E-state index contributed by atoms with van der Waals surface area (Å²) in [4.78, 5) is 18.2. The summed E-state index contributed by atoms with van der Waals surface area (Å²) >= 11 is 0. The monoisotopic (exact) mass is 297 g/mol. The Kier molecular flexibility index (Phi) is 4.27. The van der Waals surface area contributed by atoms with E-state index in [1.165, 1.54) is 12.1 Å². The number of carbonyl (C=O) groups excluding carboxylic acids is 1. The predicted molar refractivity (Wildman–Crippen MR) is 87.4 cm³/mol. The van der Waals surface area contributed by atoms with Gasteiger partial charge in [-0.1, -0.05) is 30.3 Å². The van der Waals surface area contributed by atoms with Crippen LogP contribution in [0.3, 0.4) is 0 Å². The standard InChI is InChI=1S/C18H23N3O/c1-14-11-19-18(17-8-4-3-5-9-17)21(14)13-16-7-6-10-20(12-16)15(2)22/h3-5,8-9,11,16H,6-7,10,12-13H2,1-2H3. The van der Waals surface area contributed by atoms with Gasteiger partial charge in [0.25, 0.3) is 0 Å². The molecular weight excluding hydrogens is 274 g/mol. The van der Waals surface area contributed by atoms with Gasteiger partial charge in [-0.2, -0.15) is 0 Å². The Hall–Kier alpha value is -2.10. The third kappa shape index (κ3) is 3.06. The maximum absolute atomic E-state index is 11.6. The highest BCUT2D eigenvalue weighted by molar-refractivity contribution is 5.73. The van der Waals surface area contributed by atoms with Crippen LogP contribution in [0.1, 0.15) is 25.5 Å². The quantitative estimate of drug-likeness (QED) is 0.873. The minimum Gasteiger partial charge on any atom is -0.343 e. The summed E-state index contributed by atoms with van der Waals surface area (Å²) in [5.74, 6) is 1.72. The molecule has 4 heteroatoms. The van der Waals surface area contributed by atoms with Crippen molar-refractivity contribution in [3.05, 3.63) is 42.2 Å². The molecular formula is C18H23N3O. The summed E-state index contributed by atoms with van der Waals surface area (Å²) in [6.07, 6.45) is 4.21. The highest BCUT2D eigenvalue weighted by atomic mass is 16.2. The molecule has 1 unspecified atom stereocenters. The lowest BCUT2D eigenvalue weighted by Gasteiger charge is -2.32. The summed E-state index contributed by atoms with van der Waals surface area (Å²) in [6.45, 7) is 6.46. The number of nitrogens with zero attached hydrogens (tertiary/aromatic N) is 3. The fourth-order valence-corrected chi connectivity index (χ4v) is 3.27. The van der Waals surface area contributed by atoms with Crippen molar-refractivity contribution in [2.45, 2.75) is 33.2 Å². The zero-order valence-electron chi connectivity index (χ0n) is 13.3. The highest BCUT2D eigenvalue weighted by Gasteiger charge is 2.23. The van der Waals surface area contributed by atoms with Crippen molar-refractivity contribution in [3.8, 4) is 11.4 Å². The predicted octanol–water partition coefficient (Wildman–Crippen LogP) is 3.12. The van der Waals surface area contributed by atoms with E-state index < -0.39 is 0 Å². The van der Waals surface area contributed by atoms with Crippen LogP contribution in [0.2, 0.25) is 0 Å². The van der Waals surface area contributed by atoms with E-state index >= 15 is 0 Å². The van der Waals surface area contributed by atoms with E-state index in [1.807, 2.05) is 29.3 Å². The summed E-state index contributed by atoms with van der Waals surface area (Å²) in [6, 6.07) is 10.3. The van der Waals surface area contributed by atoms with Crippen molar-refractivity contribution < 1.29 is 4.79 Å². The average molecular weight is 297 g/mol. The van der Waals surface area contributed by atoms with Crippen molar-refractivity contribution in [2.75, 3.05) is 13.1 Å². The Morgan fingerprint density at radius 2 is 2.09 bits per heavy atom. The van der Waals surface area contributed by atoms with Gasteiger partial charge in [0.1, 0.15) is 5.82 Å². The van der Waals surface area contributed by atoms with E-state index in [4.69, 9.17) is 0 Å². The number of hydrogen-bond donors (Lipinski definition) is 0. The normalized spacial score (nSPS) is 18.5. The van der Waals surface area contributed by atoms with Gasteiger partial charge in [0, 0.05) is 44.0 Å². The van der Waals surface area contributed by atoms with Gasteiger partial charge in [-0.25, -0.2) is 4.98 Å². The minimum atomic E-state index is 0.190. The van der Waals surface area contributed by atoms with Gasteiger partial charge in [0.2, 0.25) is 5.91 Å². The van der Waals surface area contributed by atoms with Crippen molar-refractivity contribution in [1.82, 2.24) is 14.5 Å². The topological polar surface area (TPSA) is 38.1 Å². The van der Waals surface area contributed by atoms with E-state index in [1.54, 1.807) is 6.92 Å². The van der Waals surface area contributed by atoms with Crippen LogP contribution in [0.5, 0.6) is 0 Å². The van der Waals surface area contributed by atoms with Crippen LogP contribution in [0.4, 0.5) is 0 Å². The number of rotatable bonds is 3. The second kappa shape index (κ2) is 6.34. The molecule has 1 amide bonds. The lowest BCUT2D eigenvalue weighted by molar-refractivity contribution is -0.130. The first-order valence-corrected chi connectivity index (χ1v) is 7.98. The molecule has 2 aromatic rings. The number of likely N-dealkylation sites (tertiary alicyclic amines) is 1. The van der Waals surface area contributed by atoms with Gasteiger partial charge < -0.3 is 9.47 Å². The van der Waals surface area contributed by atoms with Crippen molar-refractivity contribution in [3.63, 3.8) is 0 Å². The van der Waals surface area contributed by atoms with Crippen LogP contribution in [0.15, 0.2) is 36.5 Å². The Morgan fingerprint density at radius 3 is 2.82 bits per heavy atom. The summed E-state index contributed by atoms with van der Waals surface area (Å²) in [5.41, 5.74) is 2.33. The van der Waals surface area contributed by atoms with Gasteiger partial charge in [-0.15, -0.1) is 0 Å². The number of amides is 1. The summed E-state index contributed by atoms with van der Waals surface area (Å²) < 4.78 is 2.30. The molecule has 0 spiro atoms. The van der Waals surface area contributed by atoms with E-state index in [0.29, 0.717) is 5.92 Å². The Morgan fingerprint density at radius 1 is 1.32 bits per heavy atom.